The van der Waals surface area contributed by atoms with E-state index in [1.807, 2.05) is 0 Å². The number of hydrogen-bond donors (Lipinski definition) is 2. The molecule has 0 aliphatic heterocycles. The van der Waals surface area contributed by atoms with E-state index < -0.39 is 11.8 Å². The van der Waals surface area contributed by atoms with E-state index in [1.165, 1.54) is 14.2 Å². The highest BCUT2D eigenvalue weighted by molar-refractivity contribution is 6.39. The number of carbonyl (C=O) groups excluding carboxylic acids is 2. The SMILES string of the molecule is COc1ccc(NC(=O)C(N)=O)c(OC)c1C. The van der Waals surface area contributed by atoms with Crippen LogP contribution in [0.5, 0.6) is 11.5 Å². The Kier molecular flexibility index (Phi) is 3.92. The Balaban J connectivity index is 3.13. The highest BCUT2D eigenvalue weighted by atomic mass is 16.5. The molecule has 0 fully saturated rings. The molecule has 1 aromatic carbocycles. The van der Waals surface area contributed by atoms with Crippen molar-refractivity contribution in [1.29, 1.82) is 0 Å². The summed E-state index contributed by atoms with van der Waals surface area (Å²) in [5, 5.41) is 2.36. The van der Waals surface area contributed by atoms with Gasteiger partial charge < -0.3 is 20.5 Å². The summed E-state index contributed by atoms with van der Waals surface area (Å²) >= 11 is 0. The minimum atomic E-state index is -1.06. The maximum absolute atomic E-state index is 11.2. The first-order chi connectivity index (χ1) is 8.01. The van der Waals surface area contributed by atoms with Crippen LogP contribution in [0, 0.1) is 6.92 Å². The molecule has 6 heteroatoms. The fraction of sp³-hybridized carbons (Fsp3) is 0.273. The van der Waals surface area contributed by atoms with Crippen LogP contribution >= 0.6 is 0 Å². The third-order valence-corrected chi connectivity index (χ3v) is 2.25. The second-order valence-corrected chi connectivity index (χ2v) is 3.29. The van der Waals surface area contributed by atoms with Crippen LogP contribution in [0.25, 0.3) is 0 Å². The lowest BCUT2D eigenvalue weighted by molar-refractivity contribution is -0.134. The molecular formula is C11H14N2O4. The van der Waals surface area contributed by atoms with Crippen molar-refractivity contribution in [3.8, 4) is 11.5 Å². The Morgan fingerprint density at radius 3 is 2.35 bits per heavy atom. The van der Waals surface area contributed by atoms with Crippen molar-refractivity contribution in [2.24, 2.45) is 5.73 Å². The first-order valence-corrected chi connectivity index (χ1v) is 4.83. The van der Waals surface area contributed by atoms with Crippen LogP contribution in [0.2, 0.25) is 0 Å². The van der Waals surface area contributed by atoms with Gasteiger partial charge in [-0.05, 0) is 19.1 Å². The zero-order valence-electron chi connectivity index (χ0n) is 9.87. The summed E-state index contributed by atoms with van der Waals surface area (Å²) in [6.07, 6.45) is 0. The van der Waals surface area contributed by atoms with Gasteiger partial charge in [-0.1, -0.05) is 0 Å². The molecule has 17 heavy (non-hydrogen) atoms. The lowest BCUT2D eigenvalue weighted by atomic mass is 10.1. The molecule has 6 nitrogen and oxygen atoms in total. The van der Waals surface area contributed by atoms with Crippen LogP contribution in [0.15, 0.2) is 12.1 Å². The molecule has 0 aliphatic carbocycles. The quantitative estimate of drug-likeness (QED) is 0.747. The standard InChI is InChI=1S/C11H14N2O4/c1-6-8(16-2)5-4-7(9(6)17-3)13-11(15)10(12)14/h4-5H,1-3H3,(H2,12,14)(H,13,15). The van der Waals surface area contributed by atoms with Gasteiger partial charge in [-0.3, -0.25) is 9.59 Å². The van der Waals surface area contributed by atoms with Gasteiger partial charge >= 0.3 is 11.8 Å². The summed E-state index contributed by atoms with van der Waals surface area (Å²) in [5.41, 5.74) is 5.94. The third kappa shape index (κ3) is 2.66. The second-order valence-electron chi connectivity index (χ2n) is 3.29. The largest absolute Gasteiger partial charge is 0.496 e. The zero-order valence-corrected chi connectivity index (χ0v) is 9.87. The second kappa shape index (κ2) is 5.20. The molecule has 2 amide bonds. The van der Waals surface area contributed by atoms with Crippen molar-refractivity contribution in [3.63, 3.8) is 0 Å². The van der Waals surface area contributed by atoms with Crippen LogP contribution in [0.4, 0.5) is 5.69 Å². The Hall–Kier alpha value is -2.24. The minimum absolute atomic E-state index is 0.370. The number of ether oxygens (including phenoxy) is 2. The van der Waals surface area contributed by atoms with Crippen LogP contribution in [-0.4, -0.2) is 26.0 Å². The number of nitrogens with one attached hydrogen (secondary N) is 1. The van der Waals surface area contributed by atoms with Crippen molar-refractivity contribution in [2.75, 3.05) is 19.5 Å². The highest BCUT2D eigenvalue weighted by Crippen LogP contribution is 2.34. The van der Waals surface area contributed by atoms with E-state index in [0.29, 0.717) is 17.2 Å². The minimum Gasteiger partial charge on any atom is -0.496 e. The fourth-order valence-corrected chi connectivity index (χ4v) is 1.44. The first-order valence-electron chi connectivity index (χ1n) is 4.83. The summed E-state index contributed by atoms with van der Waals surface area (Å²) in [6, 6.07) is 3.24. The van der Waals surface area contributed by atoms with Crippen molar-refractivity contribution >= 4 is 17.5 Å². The molecule has 0 aromatic heterocycles. The van der Waals surface area contributed by atoms with Crippen LogP contribution in [0.1, 0.15) is 5.56 Å². The summed E-state index contributed by atoms with van der Waals surface area (Å²) in [7, 11) is 2.99. The predicted molar refractivity (Wildman–Crippen MR) is 62.1 cm³/mol. The normalized spacial score (nSPS) is 9.59. The molecular weight excluding hydrogens is 224 g/mol. The average Bonchev–Trinajstić information content (AvgIpc) is 2.29. The number of carbonyl (C=O) groups is 2. The van der Waals surface area contributed by atoms with E-state index in [-0.39, 0.29) is 0 Å². The topological polar surface area (TPSA) is 90.6 Å². The van der Waals surface area contributed by atoms with Gasteiger partial charge in [0.05, 0.1) is 19.9 Å². The molecule has 0 saturated heterocycles. The van der Waals surface area contributed by atoms with Crippen molar-refractivity contribution in [2.45, 2.75) is 6.92 Å². The smallest absolute Gasteiger partial charge is 0.313 e. The summed E-state index contributed by atoms with van der Waals surface area (Å²) in [4.78, 5) is 21.8. The number of primary amides is 1. The first kappa shape index (κ1) is 12.8. The molecule has 3 N–H and O–H groups in total. The van der Waals surface area contributed by atoms with Gasteiger partial charge in [0.2, 0.25) is 0 Å². The number of methoxy groups -OCH3 is 2. The van der Waals surface area contributed by atoms with Gasteiger partial charge in [0.15, 0.2) is 0 Å². The molecule has 0 atom stereocenters. The average molecular weight is 238 g/mol. The molecule has 92 valence electrons. The number of benzene rings is 1. The van der Waals surface area contributed by atoms with Gasteiger partial charge in [0.25, 0.3) is 0 Å². The van der Waals surface area contributed by atoms with E-state index in [0.717, 1.165) is 5.56 Å². The molecule has 0 heterocycles. The summed E-state index contributed by atoms with van der Waals surface area (Å²) in [6.45, 7) is 1.78. The Morgan fingerprint density at radius 2 is 1.88 bits per heavy atom. The van der Waals surface area contributed by atoms with Crippen molar-refractivity contribution < 1.29 is 19.1 Å². The molecule has 0 radical (unpaired) electrons. The molecule has 0 aliphatic rings. The number of anilines is 1. The maximum Gasteiger partial charge on any atom is 0.313 e. The van der Waals surface area contributed by atoms with Crippen LogP contribution in [0.3, 0.4) is 0 Å². The molecule has 0 spiro atoms. The Bertz CT molecular complexity index is 457. The van der Waals surface area contributed by atoms with E-state index >= 15 is 0 Å². The highest BCUT2D eigenvalue weighted by Gasteiger charge is 2.15. The number of nitrogens with two attached hydrogens (primary N) is 1. The van der Waals surface area contributed by atoms with Crippen molar-refractivity contribution in [3.05, 3.63) is 17.7 Å². The Labute approximate surface area is 98.7 Å². The molecule has 0 unspecified atom stereocenters. The molecule has 0 saturated carbocycles. The number of rotatable bonds is 3. The van der Waals surface area contributed by atoms with Crippen molar-refractivity contribution in [1.82, 2.24) is 0 Å². The van der Waals surface area contributed by atoms with Crippen LogP contribution in [-0.2, 0) is 9.59 Å². The predicted octanol–water partition coefficient (Wildman–Crippen LogP) is 0.436. The molecule has 1 aromatic rings. The van der Waals surface area contributed by atoms with Gasteiger partial charge in [0.1, 0.15) is 11.5 Å². The number of hydrogen-bond acceptors (Lipinski definition) is 4. The van der Waals surface area contributed by atoms with E-state index in [2.05, 4.69) is 5.32 Å². The third-order valence-electron chi connectivity index (χ3n) is 2.25. The lowest BCUT2D eigenvalue weighted by Crippen LogP contribution is -2.29. The van der Waals surface area contributed by atoms with E-state index in [1.54, 1.807) is 19.1 Å². The van der Waals surface area contributed by atoms with Gasteiger partial charge in [-0.25, -0.2) is 0 Å². The Morgan fingerprint density at radius 1 is 1.24 bits per heavy atom. The monoisotopic (exact) mass is 238 g/mol. The van der Waals surface area contributed by atoms with E-state index in [4.69, 9.17) is 15.2 Å². The maximum atomic E-state index is 11.2. The molecule has 0 bridgehead atoms. The van der Waals surface area contributed by atoms with Gasteiger partial charge in [-0.2, -0.15) is 0 Å². The molecule has 1 rings (SSSR count). The zero-order chi connectivity index (χ0) is 13.0. The van der Waals surface area contributed by atoms with Crippen LogP contribution < -0.4 is 20.5 Å². The summed E-state index contributed by atoms with van der Waals surface area (Å²) in [5.74, 6) is -0.897. The fourth-order valence-electron chi connectivity index (χ4n) is 1.44. The lowest BCUT2D eigenvalue weighted by Gasteiger charge is -2.14. The van der Waals surface area contributed by atoms with Gasteiger partial charge in [0, 0.05) is 5.56 Å². The van der Waals surface area contributed by atoms with E-state index in [9.17, 15) is 9.59 Å². The van der Waals surface area contributed by atoms with Gasteiger partial charge in [-0.15, -0.1) is 0 Å². The summed E-state index contributed by atoms with van der Waals surface area (Å²) < 4.78 is 10.3. The number of amides is 2.